The highest BCUT2D eigenvalue weighted by molar-refractivity contribution is 7.47. The number of hydrogen-bond donors (Lipinski definition) is 2. The molecule has 336 valence electrons. The van der Waals surface area contributed by atoms with E-state index in [9.17, 15) is 14.3 Å². The van der Waals surface area contributed by atoms with Gasteiger partial charge >= 0.3 is 13.8 Å². The molecule has 0 spiro atoms. The Morgan fingerprint density at radius 1 is 0.526 bits per heavy atom. The van der Waals surface area contributed by atoms with Crippen LogP contribution in [0.3, 0.4) is 0 Å². The number of phosphoric ester groups is 1. The van der Waals surface area contributed by atoms with Crippen molar-refractivity contribution in [1.29, 1.82) is 0 Å². The lowest BCUT2D eigenvalue weighted by molar-refractivity contribution is -0.154. The maximum atomic E-state index is 12.6. The predicted molar refractivity (Wildman–Crippen MR) is 243 cm³/mol. The van der Waals surface area contributed by atoms with Crippen molar-refractivity contribution < 1.29 is 32.8 Å². The fraction of sp³-hybridized carbons (Fsp3) is 0.854. The standard InChI is InChI=1S/C48H92NO7P/c1-3-5-7-9-11-13-15-17-19-21-23-24-26-28-30-32-34-36-38-40-43-53-45-47(46-55-57(51,52)54-44-42-49)56-48(50)41-39-37-35-33-31-29-27-25-22-20-18-16-14-12-10-8-6-4-2/h11,13,17,19,23-24,47H,3-10,12,14-16,18,20-22,25-46,49H2,1-2H3,(H,51,52)/b13-11-,19-17-,24-23-. The van der Waals surface area contributed by atoms with E-state index in [1.165, 1.54) is 154 Å². The molecule has 0 heterocycles. The number of ether oxygens (including phenoxy) is 2. The molecular formula is C48H92NO7P. The minimum Gasteiger partial charge on any atom is -0.457 e. The van der Waals surface area contributed by atoms with E-state index in [4.69, 9.17) is 24.3 Å². The molecule has 0 saturated carbocycles. The molecule has 0 amide bonds. The third kappa shape index (κ3) is 45.7. The first-order chi connectivity index (χ1) is 27.9. The maximum Gasteiger partial charge on any atom is 0.472 e. The molecule has 0 saturated heterocycles. The van der Waals surface area contributed by atoms with Crippen molar-refractivity contribution in [3.8, 4) is 0 Å². The molecule has 0 aromatic heterocycles. The van der Waals surface area contributed by atoms with Crippen LogP contribution < -0.4 is 5.73 Å². The van der Waals surface area contributed by atoms with Gasteiger partial charge in [0.2, 0.25) is 0 Å². The summed E-state index contributed by atoms with van der Waals surface area (Å²) in [5, 5.41) is 0. The minimum absolute atomic E-state index is 0.0965. The molecule has 0 aromatic carbocycles. The Morgan fingerprint density at radius 3 is 1.42 bits per heavy atom. The van der Waals surface area contributed by atoms with E-state index in [2.05, 4.69) is 50.3 Å². The third-order valence-corrected chi connectivity index (χ3v) is 11.3. The van der Waals surface area contributed by atoms with Crippen molar-refractivity contribution in [2.24, 2.45) is 5.73 Å². The van der Waals surface area contributed by atoms with Gasteiger partial charge in [-0.3, -0.25) is 13.8 Å². The average Bonchev–Trinajstić information content (AvgIpc) is 3.20. The Morgan fingerprint density at radius 2 is 0.930 bits per heavy atom. The molecule has 8 nitrogen and oxygen atoms in total. The molecule has 0 fully saturated rings. The number of carbonyl (C=O) groups excluding carboxylic acids is 1. The SMILES string of the molecule is CCCCC/C=C\C/C=C\C/C=C\CCCCCCCCCOCC(COP(=O)(O)OCCN)OC(=O)CCCCCCCCCCCCCCCCCCCC. The quantitative estimate of drug-likeness (QED) is 0.0270. The molecule has 57 heavy (non-hydrogen) atoms. The lowest BCUT2D eigenvalue weighted by Gasteiger charge is -2.20. The van der Waals surface area contributed by atoms with Crippen molar-refractivity contribution in [2.45, 2.75) is 232 Å². The van der Waals surface area contributed by atoms with Crippen molar-refractivity contribution >= 4 is 13.8 Å². The molecule has 0 aliphatic rings. The summed E-state index contributed by atoms with van der Waals surface area (Å²) in [6.45, 7) is 4.91. The second-order valence-electron chi connectivity index (χ2n) is 16.0. The summed E-state index contributed by atoms with van der Waals surface area (Å²) in [4.78, 5) is 22.5. The Labute approximate surface area is 352 Å². The normalized spacial score (nSPS) is 13.7. The smallest absolute Gasteiger partial charge is 0.457 e. The fourth-order valence-corrected chi connectivity index (χ4v) is 7.53. The van der Waals surface area contributed by atoms with E-state index in [1.54, 1.807) is 0 Å². The van der Waals surface area contributed by atoms with E-state index >= 15 is 0 Å². The second-order valence-corrected chi connectivity index (χ2v) is 17.4. The van der Waals surface area contributed by atoms with Crippen LogP contribution in [-0.4, -0.2) is 49.9 Å². The van der Waals surface area contributed by atoms with Crippen LogP contribution in [0.4, 0.5) is 0 Å². The largest absolute Gasteiger partial charge is 0.472 e. The van der Waals surface area contributed by atoms with Gasteiger partial charge in [0.05, 0.1) is 19.8 Å². The first kappa shape index (κ1) is 55.7. The molecular weight excluding hydrogens is 734 g/mol. The van der Waals surface area contributed by atoms with E-state index in [-0.39, 0.29) is 32.3 Å². The predicted octanol–water partition coefficient (Wildman–Crippen LogP) is 14.6. The number of esters is 1. The van der Waals surface area contributed by atoms with E-state index < -0.39 is 13.9 Å². The molecule has 2 atom stereocenters. The number of unbranched alkanes of at least 4 members (excludes halogenated alkanes) is 27. The van der Waals surface area contributed by atoms with Crippen LogP contribution in [0.2, 0.25) is 0 Å². The van der Waals surface area contributed by atoms with Crippen molar-refractivity contribution in [1.82, 2.24) is 0 Å². The van der Waals surface area contributed by atoms with Crippen LogP contribution in [0.25, 0.3) is 0 Å². The zero-order valence-corrected chi connectivity index (χ0v) is 38.2. The summed E-state index contributed by atoms with van der Waals surface area (Å²) in [5.74, 6) is -0.330. The number of phosphoric acid groups is 1. The van der Waals surface area contributed by atoms with Crippen LogP contribution in [0.5, 0.6) is 0 Å². The number of allylic oxidation sites excluding steroid dienone is 6. The van der Waals surface area contributed by atoms with Gasteiger partial charge in [-0.15, -0.1) is 0 Å². The minimum atomic E-state index is -4.28. The number of hydrogen-bond acceptors (Lipinski definition) is 7. The molecule has 0 rings (SSSR count). The molecule has 0 aliphatic carbocycles. The van der Waals surface area contributed by atoms with Gasteiger partial charge in [0.25, 0.3) is 0 Å². The van der Waals surface area contributed by atoms with Gasteiger partial charge in [0, 0.05) is 19.6 Å². The van der Waals surface area contributed by atoms with Crippen molar-refractivity contribution in [3.63, 3.8) is 0 Å². The molecule has 2 unspecified atom stereocenters. The Bertz CT molecular complexity index is 972. The highest BCUT2D eigenvalue weighted by atomic mass is 31.2. The monoisotopic (exact) mass is 826 g/mol. The average molecular weight is 826 g/mol. The second kappa shape index (κ2) is 45.8. The zero-order valence-electron chi connectivity index (χ0n) is 37.3. The van der Waals surface area contributed by atoms with Crippen molar-refractivity contribution in [3.05, 3.63) is 36.5 Å². The molecule has 0 aliphatic heterocycles. The van der Waals surface area contributed by atoms with E-state index in [0.29, 0.717) is 13.0 Å². The summed E-state index contributed by atoms with van der Waals surface area (Å²) in [5.41, 5.74) is 5.38. The summed E-state index contributed by atoms with van der Waals surface area (Å²) < 4.78 is 33.5. The van der Waals surface area contributed by atoms with E-state index in [1.807, 2.05) is 0 Å². The molecule has 0 bridgehead atoms. The van der Waals surface area contributed by atoms with Crippen LogP contribution in [0.15, 0.2) is 36.5 Å². The van der Waals surface area contributed by atoms with Gasteiger partial charge in [0.1, 0.15) is 6.10 Å². The molecule has 3 N–H and O–H groups in total. The first-order valence-corrected chi connectivity index (χ1v) is 25.5. The fourth-order valence-electron chi connectivity index (χ4n) is 6.77. The van der Waals surface area contributed by atoms with Gasteiger partial charge in [-0.05, 0) is 51.4 Å². The van der Waals surface area contributed by atoms with E-state index in [0.717, 1.165) is 51.4 Å². The lowest BCUT2D eigenvalue weighted by Crippen LogP contribution is -2.28. The first-order valence-electron chi connectivity index (χ1n) is 24.0. The third-order valence-electron chi connectivity index (χ3n) is 10.3. The lowest BCUT2D eigenvalue weighted by atomic mass is 10.0. The van der Waals surface area contributed by atoms with Gasteiger partial charge in [0.15, 0.2) is 0 Å². The Balaban J connectivity index is 3.98. The van der Waals surface area contributed by atoms with Crippen molar-refractivity contribution in [2.75, 3.05) is 33.0 Å². The maximum absolute atomic E-state index is 12.6. The highest BCUT2D eigenvalue weighted by Crippen LogP contribution is 2.43. The van der Waals surface area contributed by atoms with Gasteiger partial charge < -0.3 is 20.1 Å². The van der Waals surface area contributed by atoms with Gasteiger partial charge in [-0.2, -0.15) is 0 Å². The Kier molecular flexibility index (Phi) is 44.8. The van der Waals surface area contributed by atoms with Crippen LogP contribution >= 0.6 is 7.82 Å². The van der Waals surface area contributed by atoms with Crippen LogP contribution in [0, 0.1) is 0 Å². The number of carbonyl (C=O) groups is 1. The Hall–Kier alpha value is -1.28. The summed E-state index contributed by atoms with van der Waals surface area (Å²) >= 11 is 0. The van der Waals surface area contributed by atoms with Gasteiger partial charge in [-0.25, -0.2) is 4.57 Å². The van der Waals surface area contributed by atoms with Crippen LogP contribution in [-0.2, 0) is 27.9 Å². The highest BCUT2D eigenvalue weighted by Gasteiger charge is 2.25. The molecule has 0 radical (unpaired) electrons. The molecule has 9 heteroatoms. The summed E-state index contributed by atoms with van der Waals surface area (Å²) in [7, 11) is -4.28. The summed E-state index contributed by atoms with van der Waals surface area (Å²) in [6, 6.07) is 0. The van der Waals surface area contributed by atoms with Crippen LogP contribution in [0.1, 0.15) is 226 Å². The zero-order chi connectivity index (χ0) is 41.6. The number of rotatable bonds is 46. The summed E-state index contributed by atoms with van der Waals surface area (Å²) in [6.07, 6.45) is 53.1. The number of nitrogens with two attached hydrogens (primary N) is 1. The molecule has 0 aromatic rings. The topological polar surface area (TPSA) is 117 Å². The van der Waals surface area contributed by atoms with Gasteiger partial charge in [-0.1, -0.05) is 204 Å².